The average Bonchev–Trinajstić information content (AvgIpc) is 3.03. The molecule has 7 nitrogen and oxygen atoms in total. The number of thioether (sulfide) groups is 1. The van der Waals surface area contributed by atoms with Crippen LogP contribution in [0.2, 0.25) is 0 Å². The maximum atomic E-state index is 10.6. The van der Waals surface area contributed by atoms with Gasteiger partial charge in [-0.3, -0.25) is 10.1 Å². The number of hydrogen-bond acceptors (Lipinski definition) is 6. The SMILES string of the molecule is CC(C)c1nnc(SC=Cc2ccc([N+](=O)[O-])o2)n1C1CC1. The zero-order chi connectivity index (χ0) is 15.7. The van der Waals surface area contributed by atoms with Crippen molar-refractivity contribution < 1.29 is 9.34 Å². The van der Waals surface area contributed by atoms with Crippen molar-refractivity contribution in [3.63, 3.8) is 0 Å². The van der Waals surface area contributed by atoms with Crippen LogP contribution in [-0.4, -0.2) is 19.7 Å². The fourth-order valence-corrected chi connectivity index (χ4v) is 2.90. The molecule has 3 rings (SSSR count). The first-order valence-corrected chi connectivity index (χ1v) is 7.96. The quantitative estimate of drug-likeness (QED) is 0.454. The van der Waals surface area contributed by atoms with Crippen LogP contribution in [0.1, 0.15) is 50.2 Å². The molecule has 0 amide bonds. The van der Waals surface area contributed by atoms with Crippen LogP contribution in [0.3, 0.4) is 0 Å². The maximum Gasteiger partial charge on any atom is 0.433 e. The van der Waals surface area contributed by atoms with Gasteiger partial charge in [0.15, 0.2) is 5.16 Å². The van der Waals surface area contributed by atoms with E-state index in [0.717, 1.165) is 11.0 Å². The molecule has 116 valence electrons. The second-order valence-corrected chi connectivity index (χ2v) is 6.32. The van der Waals surface area contributed by atoms with Gasteiger partial charge in [0.2, 0.25) is 0 Å². The first-order chi connectivity index (χ1) is 10.6. The van der Waals surface area contributed by atoms with Gasteiger partial charge in [-0.05, 0) is 30.4 Å². The molecule has 0 N–H and O–H groups in total. The van der Waals surface area contributed by atoms with E-state index in [2.05, 4.69) is 28.6 Å². The zero-order valence-electron chi connectivity index (χ0n) is 12.3. The van der Waals surface area contributed by atoms with E-state index in [1.165, 1.54) is 30.7 Å². The van der Waals surface area contributed by atoms with Crippen LogP contribution >= 0.6 is 11.8 Å². The van der Waals surface area contributed by atoms with Gasteiger partial charge in [0.1, 0.15) is 16.5 Å². The van der Waals surface area contributed by atoms with Crippen LogP contribution in [0.4, 0.5) is 5.88 Å². The lowest BCUT2D eigenvalue weighted by atomic mass is 10.2. The molecular formula is C14H16N4O3S. The Kier molecular flexibility index (Phi) is 4.02. The van der Waals surface area contributed by atoms with Gasteiger partial charge >= 0.3 is 5.88 Å². The molecule has 2 heterocycles. The van der Waals surface area contributed by atoms with E-state index in [9.17, 15) is 10.1 Å². The van der Waals surface area contributed by atoms with E-state index in [-0.39, 0.29) is 5.88 Å². The zero-order valence-corrected chi connectivity index (χ0v) is 13.1. The molecule has 0 radical (unpaired) electrons. The van der Waals surface area contributed by atoms with Crippen LogP contribution < -0.4 is 0 Å². The minimum absolute atomic E-state index is 0.257. The molecule has 0 atom stereocenters. The normalized spacial score (nSPS) is 15.0. The van der Waals surface area contributed by atoms with Gasteiger partial charge in [-0.25, -0.2) is 0 Å². The van der Waals surface area contributed by atoms with Crippen LogP contribution in [0, 0.1) is 10.1 Å². The Balaban J connectivity index is 1.73. The molecule has 1 aliphatic rings. The smallest absolute Gasteiger partial charge is 0.401 e. The van der Waals surface area contributed by atoms with E-state index in [1.54, 1.807) is 12.1 Å². The van der Waals surface area contributed by atoms with E-state index < -0.39 is 4.92 Å². The van der Waals surface area contributed by atoms with Crippen molar-refractivity contribution in [2.24, 2.45) is 0 Å². The highest BCUT2D eigenvalue weighted by Crippen LogP contribution is 2.40. The maximum absolute atomic E-state index is 10.6. The summed E-state index contributed by atoms with van der Waals surface area (Å²) in [7, 11) is 0. The highest BCUT2D eigenvalue weighted by Gasteiger charge is 2.30. The summed E-state index contributed by atoms with van der Waals surface area (Å²) in [5.74, 6) is 1.53. The third-order valence-corrected chi connectivity index (χ3v) is 4.08. The summed E-state index contributed by atoms with van der Waals surface area (Å²) in [6, 6.07) is 3.42. The molecule has 8 heteroatoms. The third kappa shape index (κ3) is 3.06. The van der Waals surface area contributed by atoms with Crippen LogP contribution in [0.5, 0.6) is 0 Å². The van der Waals surface area contributed by atoms with E-state index in [1.807, 2.05) is 5.41 Å². The topological polar surface area (TPSA) is 87.0 Å². The monoisotopic (exact) mass is 320 g/mol. The summed E-state index contributed by atoms with van der Waals surface area (Å²) in [6.45, 7) is 4.21. The molecule has 0 unspecified atom stereocenters. The summed E-state index contributed by atoms with van der Waals surface area (Å²) < 4.78 is 7.27. The number of rotatable bonds is 6. The minimum Gasteiger partial charge on any atom is -0.401 e. The average molecular weight is 320 g/mol. The highest BCUT2D eigenvalue weighted by atomic mass is 32.2. The van der Waals surface area contributed by atoms with Crippen molar-refractivity contribution in [3.05, 3.63) is 39.2 Å². The predicted octanol–water partition coefficient (Wildman–Crippen LogP) is 4.00. The Labute approximate surface area is 131 Å². The first kappa shape index (κ1) is 14.8. The lowest BCUT2D eigenvalue weighted by Gasteiger charge is -2.09. The van der Waals surface area contributed by atoms with Crippen LogP contribution in [0.15, 0.2) is 27.1 Å². The van der Waals surface area contributed by atoms with Crippen molar-refractivity contribution in [3.8, 4) is 0 Å². The van der Waals surface area contributed by atoms with Gasteiger partial charge < -0.3 is 8.98 Å². The Morgan fingerprint density at radius 3 is 2.82 bits per heavy atom. The van der Waals surface area contributed by atoms with Crippen molar-refractivity contribution in [1.29, 1.82) is 0 Å². The number of nitro groups is 1. The second kappa shape index (κ2) is 5.96. The minimum atomic E-state index is -0.552. The highest BCUT2D eigenvalue weighted by molar-refractivity contribution is 8.02. The summed E-state index contributed by atoms with van der Waals surface area (Å²) in [4.78, 5) is 10.0. The summed E-state index contributed by atoms with van der Waals surface area (Å²) in [6.07, 6.45) is 4.03. The van der Waals surface area contributed by atoms with Crippen LogP contribution in [-0.2, 0) is 0 Å². The Bertz CT molecular complexity index is 715. The molecule has 22 heavy (non-hydrogen) atoms. The molecule has 1 aliphatic carbocycles. The summed E-state index contributed by atoms with van der Waals surface area (Å²) >= 11 is 1.45. The van der Waals surface area contributed by atoms with Crippen molar-refractivity contribution in [2.75, 3.05) is 0 Å². The van der Waals surface area contributed by atoms with Crippen molar-refractivity contribution in [1.82, 2.24) is 14.8 Å². The van der Waals surface area contributed by atoms with E-state index >= 15 is 0 Å². The fraction of sp³-hybridized carbons (Fsp3) is 0.429. The lowest BCUT2D eigenvalue weighted by molar-refractivity contribution is -0.402. The van der Waals surface area contributed by atoms with Gasteiger partial charge in [0.25, 0.3) is 0 Å². The Morgan fingerprint density at radius 2 is 2.23 bits per heavy atom. The molecule has 1 saturated carbocycles. The number of aromatic nitrogens is 3. The molecule has 2 aromatic heterocycles. The molecular weight excluding hydrogens is 304 g/mol. The number of hydrogen-bond donors (Lipinski definition) is 0. The summed E-state index contributed by atoms with van der Waals surface area (Å²) in [5, 5.41) is 21.8. The molecule has 0 bridgehead atoms. The molecule has 0 aliphatic heterocycles. The van der Waals surface area contributed by atoms with E-state index in [0.29, 0.717) is 17.7 Å². The number of furan rings is 1. The van der Waals surface area contributed by atoms with Crippen LogP contribution in [0.25, 0.3) is 6.08 Å². The Morgan fingerprint density at radius 1 is 1.45 bits per heavy atom. The van der Waals surface area contributed by atoms with E-state index in [4.69, 9.17) is 4.42 Å². The predicted molar refractivity (Wildman–Crippen MR) is 82.6 cm³/mol. The first-order valence-electron chi connectivity index (χ1n) is 7.08. The molecule has 2 aromatic rings. The molecule has 0 aromatic carbocycles. The molecule has 1 fully saturated rings. The number of nitrogens with zero attached hydrogens (tertiary/aromatic N) is 4. The second-order valence-electron chi connectivity index (χ2n) is 5.45. The standard InChI is InChI=1S/C14H16N4O3S/c1-9(2)13-15-16-14(17(13)10-3-4-10)22-8-7-11-5-6-12(21-11)18(19)20/h5-10H,3-4H2,1-2H3. The molecule has 0 saturated heterocycles. The van der Waals surface area contributed by atoms with Crippen molar-refractivity contribution in [2.45, 2.75) is 43.8 Å². The van der Waals surface area contributed by atoms with Gasteiger partial charge in [-0.2, -0.15) is 0 Å². The van der Waals surface area contributed by atoms with Gasteiger partial charge in [0, 0.05) is 12.0 Å². The lowest BCUT2D eigenvalue weighted by Crippen LogP contribution is -2.04. The van der Waals surface area contributed by atoms with Gasteiger partial charge in [0.05, 0.1) is 6.07 Å². The third-order valence-electron chi connectivity index (χ3n) is 3.32. The largest absolute Gasteiger partial charge is 0.433 e. The molecule has 0 spiro atoms. The van der Waals surface area contributed by atoms with Gasteiger partial charge in [-0.15, -0.1) is 10.2 Å². The Hall–Kier alpha value is -2.09. The van der Waals surface area contributed by atoms with Gasteiger partial charge in [-0.1, -0.05) is 25.6 Å². The van der Waals surface area contributed by atoms with Crippen molar-refractivity contribution >= 4 is 23.7 Å². The summed E-state index contributed by atoms with van der Waals surface area (Å²) in [5.41, 5.74) is 0. The fourth-order valence-electron chi connectivity index (χ4n) is 2.13.